The van der Waals surface area contributed by atoms with Crippen molar-refractivity contribution in [2.75, 3.05) is 0 Å². The number of carbonyl (C=O) groups is 1. The molecule has 0 bridgehead atoms. The van der Waals surface area contributed by atoms with E-state index in [1.54, 1.807) is 6.20 Å². The largest absolute Gasteiger partial charge is 0.512 e. The van der Waals surface area contributed by atoms with E-state index in [2.05, 4.69) is 122 Å². The summed E-state index contributed by atoms with van der Waals surface area (Å²) in [5.74, 6) is 0.104. The Kier molecular flexibility index (Phi) is 14.0. The summed E-state index contributed by atoms with van der Waals surface area (Å²) >= 11 is 0. The standard InChI is InChI=1S/C25H18N.C17H12N.C11H20O2.Ir/c1-16-13-17(2)15-19(14-16)25-24-10-9-21-20-6-4-3-5-18(20)7-8-22(21)23(24)11-12-26-25;1-2-7-14(8-3-1)15-9-6-10-16(13-15)17-11-4-5-12-18-17;1-10(2,3)8(12)7-9(13)11(4,5)6;/h3-14H,1-2H3;1-9,11-13H;7,12H,1-6H3;/q2*-1;;/b;;8-7-;. The van der Waals surface area contributed by atoms with Gasteiger partial charge < -0.3 is 15.1 Å². The van der Waals surface area contributed by atoms with Gasteiger partial charge in [0, 0.05) is 49.4 Å². The number of ketones is 1. The average molecular weight is 939 g/mol. The van der Waals surface area contributed by atoms with Crippen molar-refractivity contribution < 1.29 is 30.0 Å². The molecule has 5 heteroatoms. The van der Waals surface area contributed by atoms with E-state index in [9.17, 15) is 9.90 Å². The van der Waals surface area contributed by atoms with Crippen LogP contribution in [-0.4, -0.2) is 20.9 Å². The van der Waals surface area contributed by atoms with E-state index in [1.165, 1.54) is 55.1 Å². The first-order chi connectivity index (χ1) is 27.2. The second kappa shape index (κ2) is 18.7. The van der Waals surface area contributed by atoms with Crippen LogP contribution in [-0.2, 0) is 24.9 Å². The summed E-state index contributed by atoms with van der Waals surface area (Å²) in [6.45, 7) is 15.3. The van der Waals surface area contributed by atoms with Crippen molar-refractivity contribution in [2.45, 2.75) is 55.4 Å². The molecule has 1 N–H and O–H groups in total. The fraction of sp³-hybridized carbons (Fsp3) is 0.189. The molecule has 295 valence electrons. The van der Waals surface area contributed by atoms with Crippen LogP contribution in [0.2, 0.25) is 0 Å². The number of benzene rings is 6. The van der Waals surface area contributed by atoms with Gasteiger partial charge in [0.2, 0.25) is 0 Å². The maximum absolute atomic E-state index is 11.5. The smallest absolute Gasteiger partial charge is 0.164 e. The van der Waals surface area contributed by atoms with E-state index < -0.39 is 5.41 Å². The predicted molar refractivity (Wildman–Crippen MR) is 239 cm³/mol. The van der Waals surface area contributed by atoms with E-state index in [4.69, 9.17) is 4.98 Å². The molecule has 58 heavy (non-hydrogen) atoms. The molecule has 0 atom stereocenters. The molecular weight excluding hydrogens is 889 g/mol. The molecule has 1 radical (unpaired) electrons. The molecule has 0 spiro atoms. The van der Waals surface area contributed by atoms with Crippen LogP contribution in [0, 0.1) is 36.8 Å². The fourth-order valence-corrected chi connectivity index (χ4v) is 6.49. The van der Waals surface area contributed by atoms with Gasteiger partial charge in [-0.05, 0) is 61.4 Å². The molecule has 0 aliphatic rings. The molecule has 0 saturated carbocycles. The topological polar surface area (TPSA) is 63.1 Å². The van der Waals surface area contributed by atoms with Gasteiger partial charge in [0.05, 0.1) is 0 Å². The van der Waals surface area contributed by atoms with E-state index in [-0.39, 0.29) is 37.1 Å². The van der Waals surface area contributed by atoms with Gasteiger partial charge >= 0.3 is 0 Å². The van der Waals surface area contributed by atoms with Gasteiger partial charge in [-0.2, -0.15) is 0 Å². The number of hydrogen-bond donors (Lipinski definition) is 1. The van der Waals surface area contributed by atoms with Crippen LogP contribution in [0.5, 0.6) is 0 Å². The summed E-state index contributed by atoms with van der Waals surface area (Å²) in [5, 5.41) is 17.1. The Morgan fingerprint density at radius 2 is 1.26 bits per heavy atom. The monoisotopic (exact) mass is 939 g/mol. The number of allylic oxidation sites excluding steroid dienone is 2. The van der Waals surface area contributed by atoms with Crippen molar-refractivity contribution in [3.8, 4) is 33.6 Å². The Labute approximate surface area is 357 Å². The Morgan fingerprint density at radius 3 is 1.95 bits per heavy atom. The molecular formula is C53H50IrN2O2-2. The minimum absolute atomic E-state index is 0. The first kappa shape index (κ1) is 43.4. The summed E-state index contributed by atoms with van der Waals surface area (Å²) in [5.41, 5.74) is 8.07. The molecule has 2 heterocycles. The number of hydrogen-bond acceptors (Lipinski definition) is 4. The van der Waals surface area contributed by atoms with E-state index >= 15 is 0 Å². The molecule has 6 aromatic carbocycles. The van der Waals surface area contributed by atoms with Crippen LogP contribution in [0.25, 0.3) is 66.0 Å². The van der Waals surface area contributed by atoms with Crippen LogP contribution < -0.4 is 0 Å². The van der Waals surface area contributed by atoms with Crippen molar-refractivity contribution in [2.24, 2.45) is 10.8 Å². The fourth-order valence-electron chi connectivity index (χ4n) is 6.49. The molecule has 0 fully saturated rings. The van der Waals surface area contributed by atoms with Gasteiger partial charge in [0.15, 0.2) is 5.78 Å². The normalized spacial score (nSPS) is 11.6. The first-order valence-electron chi connectivity index (χ1n) is 19.3. The van der Waals surface area contributed by atoms with Crippen molar-refractivity contribution in [1.82, 2.24) is 9.97 Å². The Bertz CT molecular complexity index is 2610. The van der Waals surface area contributed by atoms with E-state index in [0.29, 0.717) is 0 Å². The number of aromatic nitrogens is 2. The Balaban J connectivity index is 0.000000176. The van der Waals surface area contributed by atoms with Gasteiger partial charge in [-0.15, -0.1) is 70.3 Å². The Morgan fingerprint density at radius 1 is 0.603 bits per heavy atom. The molecule has 0 aliphatic heterocycles. The van der Waals surface area contributed by atoms with Crippen molar-refractivity contribution >= 4 is 38.1 Å². The van der Waals surface area contributed by atoms with Crippen LogP contribution >= 0.6 is 0 Å². The van der Waals surface area contributed by atoms with Crippen molar-refractivity contribution in [1.29, 1.82) is 0 Å². The van der Waals surface area contributed by atoms with Crippen LogP contribution in [0.4, 0.5) is 0 Å². The Hall–Kier alpha value is -5.74. The number of nitrogens with zero attached hydrogens (tertiary/aromatic N) is 2. The summed E-state index contributed by atoms with van der Waals surface area (Å²) < 4.78 is 0. The maximum atomic E-state index is 11.5. The van der Waals surface area contributed by atoms with Gasteiger partial charge in [-0.1, -0.05) is 146 Å². The minimum atomic E-state index is -0.417. The quantitative estimate of drug-likeness (QED) is 0.0826. The number of rotatable bonds is 4. The van der Waals surface area contributed by atoms with Crippen LogP contribution in [0.3, 0.4) is 0 Å². The van der Waals surface area contributed by atoms with Gasteiger partial charge in [0.1, 0.15) is 5.76 Å². The molecule has 8 aromatic rings. The first-order valence-corrected chi connectivity index (χ1v) is 19.3. The van der Waals surface area contributed by atoms with E-state index in [0.717, 1.165) is 28.1 Å². The number of aliphatic hydroxyl groups is 1. The van der Waals surface area contributed by atoms with Crippen LogP contribution in [0.15, 0.2) is 158 Å². The van der Waals surface area contributed by atoms with Gasteiger partial charge in [-0.25, -0.2) is 0 Å². The zero-order chi connectivity index (χ0) is 40.7. The van der Waals surface area contributed by atoms with Gasteiger partial charge in [-0.3, -0.25) is 4.79 Å². The zero-order valence-corrected chi connectivity index (χ0v) is 36.9. The molecule has 0 amide bonds. The number of aryl methyl sites for hydroxylation is 2. The zero-order valence-electron chi connectivity index (χ0n) is 34.5. The van der Waals surface area contributed by atoms with Gasteiger partial charge in [0.25, 0.3) is 0 Å². The second-order valence-corrected chi connectivity index (χ2v) is 16.4. The van der Waals surface area contributed by atoms with Crippen molar-refractivity contribution in [3.63, 3.8) is 0 Å². The summed E-state index contributed by atoms with van der Waals surface area (Å²) in [6, 6.07) is 53.0. The molecule has 0 saturated heterocycles. The summed E-state index contributed by atoms with van der Waals surface area (Å²) in [4.78, 5) is 20.5. The third-order valence-electron chi connectivity index (χ3n) is 9.70. The predicted octanol–water partition coefficient (Wildman–Crippen LogP) is 13.9. The number of carbonyl (C=O) groups excluding carboxylic acids is 1. The van der Waals surface area contributed by atoms with Crippen LogP contribution in [0.1, 0.15) is 52.7 Å². The summed E-state index contributed by atoms with van der Waals surface area (Å²) in [6.07, 6.45) is 5.05. The average Bonchev–Trinajstić information content (AvgIpc) is 3.20. The third kappa shape index (κ3) is 10.6. The summed E-state index contributed by atoms with van der Waals surface area (Å²) in [7, 11) is 0. The number of pyridine rings is 2. The molecule has 2 aromatic heterocycles. The maximum Gasteiger partial charge on any atom is 0.164 e. The second-order valence-electron chi connectivity index (χ2n) is 16.4. The molecule has 8 rings (SSSR count). The molecule has 0 aliphatic carbocycles. The number of fused-ring (bicyclic) bond motifs is 5. The minimum Gasteiger partial charge on any atom is -0.512 e. The number of aliphatic hydroxyl groups excluding tert-OH is 1. The van der Waals surface area contributed by atoms with Crippen molar-refractivity contribution in [3.05, 3.63) is 181 Å². The SMILES string of the molecule is CC(C)(C)C(=O)/C=C(\O)C(C)(C)C.Cc1[c-]c(-c2nccc3c2ccc2c4ccccc4ccc32)cc(C)c1.[Ir].[c-]1ccc(-c2ccccc2)cc1-c1ccccn1. The third-order valence-corrected chi connectivity index (χ3v) is 9.70. The van der Waals surface area contributed by atoms with E-state index in [1.807, 2.05) is 90.2 Å². The molecule has 0 unspecified atom stereocenters. The molecule has 4 nitrogen and oxygen atoms in total.